The summed E-state index contributed by atoms with van der Waals surface area (Å²) in [4.78, 5) is 49.8. The number of nitrogens with zero attached hydrogens (tertiary/aromatic N) is 1. The van der Waals surface area contributed by atoms with Gasteiger partial charge in [-0.2, -0.15) is 0 Å². The van der Waals surface area contributed by atoms with E-state index in [1.165, 1.54) is 18.2 Å². The maximum absolute atomic E-state index is 13.1. The van der Waals surface area contributed by atoms with Gasteiger partial charge in [-0.1, -0.05) is 60.2 Å². The molecule has 170 valence electrons. The van der Waals surface area contributed by atoms with Gasteiger partial charge in [-0.25, -0.2) is 9.69 Å². The SMILES string of the molecule is Cc1ccc(N2C(=O)NC(=O)/C(=C\c3ccccc3OCc3ccc(C(=O)[O-])cc3)C2=O)cc1. The number of rotatable bonds is 6. The molecule has 34 heavy (non-hydrogen) atoms. The van der Waals surface area contributed by atoms with Gasteiger partial charge in [0, 0.05) is 5.56 Å². The Bertz CT molecular complexity index is 1310. The third kappa shape index (κ3) is 4.71. The summed E-state index contributed by atoms with van der Waals surface area (Å²) in [5.74, 6) is -2.41. The minimum atomic E-state index is -1.27. The number of anilines is 1. The Labute approximate surface area is 195 Å². The first-order valence-electron chi connectivity index (χ1n) is 10.3. The number of carboxylic acid groups (broad SMARTS) is 1. The van der Waals surface area contributed by atoms with Gasteiger partial charge in [-0.05, 0) is 42.3 Å². The fraction of sp³-hybridized carbons (Fsp3) is 0.0769. The molecular weight excluding hydrogens is 436 g/mol. The molecule has 0 aliphatic carbocycles. The Morgan fingerprint density at radius 2 is 1.65 bits per heavy atom. The molecule has 0 spiro atoms. The molecule has 1 saturated heterocycles. The smallest absolute Gasteiger partial charge is 0.335 e. The molecule has 0 radical (unpaired) electrons. The van der Waals surface area contributed by atoms with E-state index in [9.17, 15) is 24.3 Å². The van der Waals surface area contributed by atoms with Gasteiger partial charge in [0.15, 0.2) is 0 Å². The summed E-state index contributed by atoms with van der Waals surface area (Å²) in [6.07, 6.45) is 1.37. The normalized spacial score (nSPS) is 14.8. The van der Waals surface area contributed by atoms with Gasteiger partial charge in [0.1, 0.15) is 17.9 Å². The number of amides is 4. The van der Waals surface area contributed by atoms with Crippen LogP contribution in [0.1, 0.15) is 27.0 Å². The number of para-hydroxylation sites is 1. The van der Waals surface area contributed by atoms with Crippen molar-refractivity contribution in [2.45, 2.75) is 13.5 Å². The zero-order valence-electron chi connectivity index (χ0n) is 18.1. The summed E-state index contributed by atoms with van der Waals surface area (Å²) in [7, 11) is 0. The molecule has 0 bridgehead atoms. The number of carboxylic acids is 1. The Morgan fingerprint density at radius 1 is 0.971 bits per heavy atom. The summed E-state index contributed by atoms with van der Waals surface area (Å²) in [6, 6.07) is 18.8. The van der Waals surface area contributed by atoms with Crippen molar-refractivity contribution in [3.63, 3.8) is 0 Å². The lowest BCUT2D eigenvalue weighted by Gasteiger charge is -2.26. The van der Waals surface area contributed by atoms with E-state index in [2.05, 4.69) is 5.32 Å². The van der Waals surface area contributed by atoms with Crippen LogP contribution in [0.4, 0.5) is 10.5 Å². The van der Waals surface area contributed by atoms with Crippen LogP contribution < -0.4 is 20.1 Å². The maximum Gasteiger partial charge on any atom is 0.335 e. The maximum atomic E-state index is 13.1. The zero-order valence-corrected chi connectivity index (χ0v) is 18.1. The summed E-state index contributed by atoms with van der Waals surface area (Å²) >= 11 is 0. The molecule has 0 saturated carbocycles. The lowest BCUT2D eigenvalue weighted by molar-refractivity contribution is -0.255. The molecule has 4 amide bonds. The number of urea groups is 1. The van der Waals surface area contributed by atoms with Crippen LogP contribution in [0.5, 0.6) is 5.75 Å². The number of aryl methyl sites for hydroxylation is 1. The average Bonchev–Trinajstić information content (AvgIpc) is 2.82. The second-order valence-corrected chi connectivity index (χ2v) is 7.60. The molecular formula is C26H19N2O6-. The van der Waals surface area contributed by atoms with Gasteiger partial charge in [-0.15, -0.1) is 0 Å². The molecule has 4 rings (SSSR count). The van der Waals surface area contributed by atoms with E-state index in [0.717, 1.165) is 16.0 Å². The summed E-state index contributed by atoms with van der Waals surface area (Å²) < 4.78 is 5.85. The average molecular weight is 455 g/mol. The largest absolute Gasteiger partial charge is 0.545 e. The van der Waals surface area contributed by atoms with Crippen molar-refractivity contribution in [1.29, 1.82) is 0 Å². The third-order valence-electron chi connectivity index (χ3n) is 5.20. The van der Waals surface area contributed by atoms with Crippen molar-refractivity contribution in [2.24, 2.45) is 0 Å². The molecule has 1 heterocycles. The number of imide groups is 2. The van der Waals surface area contributed by atoms with Crippen molar-refractivity contribution in [3.05, 3.63) is 101 Å². The predicted octanol–water partition coefficient (Wildman–Crippen LogP) is 2.60. The van der Waals surface area contributed by atoms with Crippen LogP contribution in [0.3, 0.4) is 0 Å². The van der Waals surface area contributed by atoms with Gasteiger partial charge in [0.05, 0.1) is 11.7 Å². The molecule has 0 atom stereocenters. The Morgan fingerprint density at radius 3 is 2.32 bits per heavy atom. The summed E-state index contributed by atoms with van der Waals surface area (Å²) in [5.41, 5.74) is 2.33. The predicted molar refractivity (Wildman–Crippen MR) is 122 cm³/mol. The quantitative estimate of drug-likeness (QED) is 0.451. The zero-order chi connectivity index (χ0) is 24.2. The van der Waals surface area contributed by atoms with Crippen molar-refractivity contribution in [1.82, 2.24) is 5.32 Å². The van der Waals surface area contributed by atoms with E-state index in [1.807, 2.05) is 6.92 Å². The Hall–Kier alpha value is -4.72. The van der Waals surface area contributed by atoms with E-state index in [0.29, 0.717) is 17.0 Å². The molecule has 1 fully saturated rings. The number of aromatic carboxylic acids is 1. The highest BCUT2D eigenvalue weighted by Crippen LogP contribution is 2.26. The molecule has 1 N–H and O–H groups in total. The first-order valence-corrected chi connectivity index (χ1v) is 10.3. The van der Waals surface area contributed by atoms with Crippen LogP contribution >= 0.6 is 0 Å². The van der Waals surface area contributed by atoms with Crippen LogP contribution in [0.25, 0.3) is 6.08 Å². The van der Waals surface area contributed by atoms with Gasteiger partial charge < -0.3 is 14.6 Å². The number of carbonyl (C=O) groups excluding carboxylic acids is 4. The highest BCUT2D eigenvalue weighted by atomic mass is 16.5. The van der Waals surface area contributed by atoms with Crippen LogP contribution in [0.15, 0.2) is 78.4 Å². The molecule has 1 aliphatic heterocycles. The van der Waals surface area contributed by atoms with Crippen LogP contribution in [0.2, 0.25) is 0 Å². The minimum Gasteiger partial charge on any atom is -0.545 e. The topological polar surface area (TPSA) is 116 Å². The van der Waals surface area contributed by atoms with Gasteiger partial charge in [0.25, 0.3) is 11.8 Å². The molecule has 3 aromatic rings. The van der Waals surface area contributed by atoms with E-state index >= 15 is 0 Å². The summed E-state index contributed by atoms with van der Waals surface area (Å²) in [6.45, 7) is 2.01. The second kappa shape index (κ2) is 9.41. The molecule has 1 aliphatic rings. The highest BCUT2D eigenvalue weighted by Gasteiger charge is 2.36. The number of nitrogens with one attached hydrogen (secondary N) is 1. The first kappa shape index (κ1) is 22.5. The fourth-order valence-corrected chi connectivity index (χ4v) is 3.37. The van der Waals surface area contributed by atoms with Gasteiger partial charge in [-0.3, -0.25) is 14.9 Å². The Balaban J connectivity index is 1.59. The second-order valence-electron chi connectivity index (χ2n) is 7.60. The number of benzene rings is 3. The molecule has 0 aromatic heterocycles. The van der Waals surface area contributed by atoms with E-state index in [1.54, 1.807) is 60.7 Å². The van der Waals surface area contributed by atoms with Crippen LogP contribution in [-0.4, -0.2) is 23.8 Å². The van der Waals surface area contributed by atoms with Crippen molar-refractivity contribution >= 4 is 35.6 Å². The van der Waals surface area contributed by atoms with E-state index < -0.39 is 23.8 Å². The molecule has 8 heteroatoms. The van der Waals surface area contributed by atoms with Crippen LogP contribution in [-0.2, 0) is 16.2 Å². The number of hydrogen-bond donors (Lipinski definition) is 1. The summed E-state index contributed by atoms with van der Waals surface area (Å²) in [5, 5.41) is 13.1. The lowest BCUT2D eigenvalue weighted by atomic mass is 10.1. The van der Waals surface area contributed by atoms with E-state index in [-0.39, 0.29) is 17.7 Å². The first-order chi connectivity index (χ1) is 16.3. The highest BCUT2D eigenvalue weighted by molar-refractivity contribution is 6.39. The minimum absolute atomic E-state index is 0.0587. The molecule has 3 aromatic carbocycles. The lowest BCUT2D eigenvalue weighted by Crippen LogP contribution is -2.54. The van der Waals surface area contributed by atoms with E-state index in [4.69, 9.17) is 4.74 Å². The van der Waals surface area contributed by atoms with Gasteiger partial charge in [0.2, 0.25) is 0 Å². The fourth-order valence-electron chi connectivity index (χ4n) is 3.37. The van der Waals surface area contributed by atoms with Gasteiger partial charge >= 0.3 is 6.03 Å². The van der Waals surface area contributed by atoms with Crippen molar-refractivity contribution in [3.8, 4) is 5.75 Å². The standard InChI is InChI=1S/C26H20N2O6/c1-16-6-12-20(13-7-16)28-24(30)21(23(29)27-26(28)33)14-19-4-2-3-5-22(19)34-15-17-8-10-18(11-9-17)25(31)32/h2-14H,15H2,1H3,(H,31,32)(H,27,29,33)/p-1/b21-14+. The number of barbiturate groups is 1. The number of ether oxygens (including phenoxy) is 1. The third-order valence-corrected chi connectivity index (χ3v) is 5.20. The van der Waals surface area contributed by atoms with Crippen molar-refractivity contribution < 1.29 is 29.0 Å². The van der Waals surface area contributed by atoms with Crippen LogP contribution in [0, 0.1) is 6.92 Å². The number of hydrogen-bond acceptors (Lipinski definition) is 6. The van der Waals surface area contributed by atoms with Crippen molar-refractivity contribution in [2.75, 3.05) is 4.90 Å². The number of carbonyl (C=O) groups is 4. The molecule has 0 unspecified atom stereocenters. The monoisotopic (exact) mass is 455 g/mol. The Kier molecular flexibility index (Phi) is 6.22. The molecule has 8 nitrogen and oxygen atoms in total.